The minimum absolute atomic E-state index is 0. The molecule has 0 aromatic heterocycles. The van der Waals surface area contributed by atoms with Gasteiger partial charge in [0.05, 0.1) is 12.0 Å². The van der Waals surface area contributed by atoms with Gasteiger partial charge in [0.2, 0.25) is 5.91 Å². The predicted octanol–water partition coefficient (Wildman–Crippen LogP) is 3.77. The molecule has 1 N–H and O–H groups in total. The SMILES string of the molecule is CC(C)COc1ccc(C(C)(C)C(=O)N2C3CCNCC2CC3)cc1.Cl. The topological polar surface area (TPSA) is 41.6 Å². The Morgan fingerprint density at radius 1 is 1.19 bits per heavy atom. The van der Waals surface area contributed by atoms with Crippen LogP contribution in [-0.2, 0) is 10.2 Å². The van der Waals surface area contributed by atoms with Crippen LogP contribution in [0.1, 0.15) is 52.5 Å². The number of hydrogen-bond donors (Lipinski definition) is 1. The third kappa shape index (κ3) is 4.34. The van der Waals surface area contributed by atoms with Crippen LogP contribution in [0.25, 0.3) is 0 Å². The normalized spacial score (nSPS) is 22.7. The van der Waals surface area contributed by atoms with E-state index in [9.17, 15) is 4.79 Å². The van der Waals surface area contributed by atoms with Crippen LogP contribution in [0.15, 0.2) is 24.3 Å². The van der Waals surface area contributed by atoms with Crippen LogP contribution < -0.4 is 10.1 Å². The Labute approximate surface area is 164 Å². The van der Waals surface area contributed by atoms with E-state index >= 15 is 0 Å². The minimum Gasteiger partial charge on any atom is -0.493 e. The maximum absolute atomic E-state index is 13.4. The zero-order valence-corrected chi connectivity index (χ0v) is 17.3. The third-order valence-corrected chi connectivity index (χ3v) is 5.58. The lowest BCUT2D eigenvalue weighted by atomic mass is 9.82. The van der Waals surface area contributed by atoms with Crippen molar-refractivity contribution in [2.24, 2.45) is 5.92 Å². The molecule has 1 aromatic carbocycles. The number of carbonyl (C=O) groups excluding carboxylic acids is 1. The number of halogens is 1. The summed E-state index contributed by atoms with van der Waals surface area (Å²) in [6.45, 7) is 11.1. The van der Waals surface area contributed by atoms with E-state index in [0.29, 0.717) is 24.6 Å². The van der Waals surface area contributed by atoms with Gasteiger partial charge in [-0.2, -0.15) is 0 Å². The first-order valence-corrected chi connectivity index (χ1v) is 9.66. The Hall–Kier alpha value is -1.26. The van der Waals surface area contributed by atoms with Crippen LogP contribution in [0.5, 0.6) is 5.75 Å². The van der Waals surface area contributed by atoms with Crippen molar-refractivity contribution < 1.29 is 9.53 Å². The second-order valence-corrected chi connectivity index (χ2v) is 8.44. The summed E-state index contributed by atoms with van der Waals surface area (Å²) in [6.07, 6.45) is 3.35. The molecule has 1 aromatic rings. The van der Waals surface area contributed by atoms with E-state index in [1.807, 2.05) is 24.3 Å². The molecule has 2 heterocycles. The van der Waals surface area contributed by atoms with Crippen molar-refractivity contribution in [3.05, 3.63) is 29.8 Å². The maximum atomic E-state index is 13.4. The third-order valence-electron chi connectivity index (χ3n) is 5.58. The molecule has 0 saturated carbocycles. The molecule has 26 heavy (non-hydrogen) atoms. The fourth-order valence-electron chi connectivity index (χ4n) is 3.99. The zero-order valence-electron chi connectivity index (χ0n) is 16.5. The number of amides is 1. The van der Waals surface area contributed by atoms with Crippen LogP contribution in [0.2, 0.25) is 0 Å². The number of fused-ring (bicyclic) bond motifs is 2. The van der Waals surface area contributed by atoms with Gasteiger partial charge in [0, 0.05) is 18.6 Å². The molecule has 2 aliphatic heterocycles. The highest BCUT2D eigenvalue weighted by atomic mass is 35.5. The maximum Gasteiger partial charge on any atom is 0.233 e. The molecule has 3 rings (SSSR count). The smallest absolute Gasteiger partial charge is 0.233 e. The number of nitrogens with zero attached hydrogens (tertiary/aromatic N) is 1. The summed E-state index contributed by atoms with van der Waals surface area (Å²) in [7, 11) is 0. The highest BCUT2D eigenvalue weighted by molar-refractivity contribution is 5.88. The van der Waals surface area contributed by atoms with Gasteiger partial charge < -0.3 is 15.0 Å². The molecule has 2 aliphatic rings. The van der Waals surface area contributed by atoms with Gasteiger partial charge in [-0.05, 0) is 63.3 Å². The summed E-state index contributed by atoms with van der Waals surface area (Å²) in [5.41, 5.74) is 0.549. The Balaban J connectivity index is 0.00000243. The summed E-state index contributed by atoms with van der Waals surface area (Å²) in [5, 5.41) is 3.47. The zero-order chi connectivity index (χ0) is 18.0. The predicted molar refractivity (Wildman–Crippen MR) is 108 cm³/mol. The van der Waals surface area contributed by atoms with E-state index in [1.165, 1.54) is 0 Å². The molecule has 5 heteroatoms. The Bertz CT molecular complexity index is 587. The van der Waals surface area contributed by atoms with E-state index in [-0.39, 0.29) is 18.3 Å². The van der Waals surface area contributed by atoms with E-state index in [1.54, 1.807) is 0 Å². The molecule has 2 unspecified atom stereocenters. The van der Waals surface area contributed by atoms with E-state index in [2.05, 4.69) is 37.9 Å². The molecule has 2 bridgehead atoms. The summed E-state index contributed by atoms with van der Waals surface area (Å²) in [5.74, 6) is 1.64. The van der Waals surface area contributed by atoms with Gasteiger partial charge in [-0.15, -0.1) is 12.4 Å². The van der Waals surface area contributed by atoms with Gasteiger partial charge in [-0.3, -0.25) is 4.79 Å². The molecule has 4 nitrogen and oxygen atoms in total. The van der Waals surface area contributed by atoms with E-state index in [0.717, 1.165) is 43.7 Å². The lowest BCUT2D eigenvalue weighted by Gasteiger charge is -2.36. The fraction of sp³-hybridized carbons (Fsp3) is 0.667. The summed E-state index contributed by atoms with van der Waals surface area (Å²) in [4.78, 5) is 15.6. The quantitative estimate of drug-likeness (QED) is 0.845. The lowest BCUT2D eigenvalue weighted by Crippen LogP contribution is -2.50. The highest BCUT2D eigenvalue weighted by Gasteiger charge is 2.43. The number of benzene rings is 1. The second kappa shape index (κ2) is 8.62. The molecule has 0 aliphatic carbocycles. The van der Waals surface area contributed by atoms with Crippen LogP contribution in [-0.4, -0.2) is 42.6 Å². The first-order valence-electron chi connectivity index (χ1n) is 9.66. The fourth-order valence-corrected chi connectivity index (χ4v) is 3.99. The van der Waals surface area contributed by atoms with Gasteiger partial charge in [0.1, 0.15) is 5.75 Å². The standard InChI is InChI=1S/C21H32N2O2.ClH/c1-15(2)14-25-19-9-5-16(6-10-19)21(3,4)20(24)23-17-7-8-18(23)13-22-12-11-17;/h5-6,9-10,15,17-18,22H,7-8,11-14H2,1-4H3;1H. The molecule has 0 radical (unpaired) electrons. The van der Waals surface area contributed by atoms with Crippen molar-refractivity contribution in [2.45, 2.75) is 64.5 Å². The monoisotopic (exact) mass is 380 g/mol. The molecule has 1 amide bonds. The summed E-state index contributed by atoms with van der Waals surface area (Å²) < 4.78 is 5.77. The molecule has 0 spiro atoms. The van der Waals surface area contributed by atoms with Gasteiger partial charge in [-0.1, -0.05) is 26.0 Å². The van der Waals surface area contributed by atoms with Crippen LogP contribution in [0, 0.1) is 5.92 Å². The molecule has 146 valence electrons. The van der Waals surface area contributed by atoms with Crippen molar-refractivity contribution in [1.82, 2.24) is 10.2 Å². The molecule has 2 atom stereocenters. The Morgan fingerprint density at radius 3 is 2.50 bits per heavy atom. The van der Waals surface area contributed by atoms with Gasteiger partial charge in [-0.25, -0.2) is 0 Å². The highest BCUT2D eigenvalue weighted by Crippen LogP contribution is 2.35. The van der Waals surface area contributed by atoms with Crippen LogP contribution in [0.4, 0.5) is 0 Å². The van der Waals surface area contributed by atoms with E-state index in [4.69, 9.17) is 4.74 Å². The van der Waals surface area contributed by atoms with Gasteiger partial charge in [0.15, 0.2) is 0 Å². The van der Waals surface area contributed by atoms with E-state index < -0.39 is 5.41 Å². The summed E-state index contributed by atoms with van der Waals surface area (Å²) >= 11 is 0. The first-order chi connectivity index (χ1) is 11.9. The van der Waals surface area contributed by atoms with Crippen LogP contribution >= 0.6 is 12.4 Å². The van der Waals surface area contributed by atoms with Crippen molar-refractivity contribution in [3.8, 4) is 5.75 Å². The number of carbonyl (C=O) groups is 1. The van der Waals surface area contributed by atoms with Gasteiger partial charge >= 0.3 is 0 Å². The second-order valence-electron chi connectivity index (χ2n) is 8.44. The Morgan fingerprint density at radius 2 is 1.85 bits per heavy atom. The Kier molecular flexibility index (Phi) is 6.98. The number of hydrogen-bond acceptors (Lipinski definition) is 3. The largest absolute Gasteiger partial charge is 0.493 e. The van der Waals surface area contributed by atoms with Crippen molar-refractivity contribution in [3.63, 3.8) is 0 Å². The average Bonchev–Trinajstić information content (AvgIpc) is 2.85. The molecule has 2 fully saturated rings. The van der Waals surface area contributed by atoms with Crippen molar-refractivity contribution in [2.75, 3.05) is 19.7 Å². The number of nitrogens with one attached hydrogen (secondary N) is 1. The van der Waals surface area contributed by atoms with Crippen molar-refractivity contribution in [1.29, 1.82) is 0 Å². The number of rotatable bonds is 5. The first kappa shape index (κ1) is 21.0. The molecular weight excluding hydrogens is 348 g/mol. The molecule has 2 saturated heterocycles. The number of ether oxygens (including phenoxy) is 1. The minimum atomic E-state index is -0.512. The molecular formula is C21H33ClN2O2. The van der Waals surface area contributed by atoms with Gasteiger partial charge in [0.25, 0.3) is 0 Å². The lowest BCUT2D eigenvalue weighted by molar-refractivity contribution is -0.139. The average molecular weight is 381 g/mol. The summed E-state index contributed by atoms with van der Waals surface area (Å²) in [6, 6.07) is 8.83. The van der Waals surface area contributed by atoms with Crippen molar-refractivity contribution >= 4 is 18.3 Å². The van der Waals surface area contributed by atoms with Crippen LogP contribution in [0.3, 0.4) is 0 Å².